The van der Waals surface area contributed by atoms with Gasteiger partial charge in [-0.05, 0) is 65.2 Å². The average molecular weight is 496 g/mol. The molecule has 1 heterocycles. The van der Waals surface area contributed by atoms with Crippen LogP contribution in [-0.2, 0) is 14.8 Å². The van der Waals surface area contributed by atoms with E-state index in [1.165, 1.54) is 31.4 Å². The van der Waals surface area contributed by atoms with Crippen LogP contribution in [0.15, 0.2) is 45.8 Å². The second-order valence-electron chi connectivity index (χ2n) is 6.77. The van der Waals surface area contributed by atoms with Crippen LogP contribution in [0.1, 0.15) is 28.8 Å². The van der Waals surface area contributed by atoms with Crippen molar-refractivity contribution in [3.63, 3.8) is 0 Å². The van der Waals surface area contributed by atoms with Crippen LogP contribution >= 0.6 is 15.9 Å². The lowest BCUT2D eigenvalue weighted by molar-refractivity contribution is 0.0600. The molecule has 30 heavy (non-hydrogen) atoms. The van der Waals surface area contributed by atoms with Gasteiger partial charge in [-0.3, -0.25) is 4.72 Å². The molecule has 158 valence electrons. The lowest BCUT2D eigenvalue weighted by Gasteiger charge is -2.32. The number of carbonyl (C=O) groups excluding carboxylic acids is 1. The van der Waals surface area contributed by atoms with E-state index in [9.17, 15) is 22.9 Å². The molecule has 1 saturated heterocycles. The van der Waals surface area contributed by atoms with Crippen molar-refractivity contribution in [2.24, 2.45) is 0 Å². The Labute approximate surface area is 182 Å². The number of nitrogens with zero attached hydrogens (tertiary/aromatic N) is 2. The summed E-state index contributed by atoms with van der Waals surface area (Å²) in [6.45, 7) is 0.713. The molecule has 0 aromatic heterocycles. The summed E-state index contributed by atoms with van der Waals surface area (Å²) in [6.07, 6.45) is 0.0889. The molecule has 1 N–H and O–H groups in total. The minimum atomic E-state index is -4.14. The Morgan fingerprint density at radius 3 is 2.77 bits per heavy atom. The van der Waals surface area contributed by atoms with Gasteiger partial charge in [-0.25, -0.2) is 17.6 Å². The van der Waals surface area contributed by atoms with Crippen LogP contribution in [0.4, 0.5) is 15.8 Å². The van der Waals surface area contributed by atoms with Gasteiger partial charge >= 0.3 is 5.97 Å². The van der Waals surface area contributed by atoms with E-state index in [1.807, 2.05) is 6.07 Å². The molecular weight excluding hydrogens is 477 g/mol. The predicted molar refractivity (Wildman–Crippen MR) is 114 cm³/mol. The number of sulfonamides is 1. The van der Waals surface area contributed by atoms with Crippen LogP contribution in [0.2, 0.25) is 0 Å². The van der Waals surface area contributed by atoms with E-state index >= 15 is 0 Å². The molecule has 0 spiro atoms. The molecule has 1 aliphatic heterocycles. The number of benzene rings is 2. The van der Waals surface area contributed by atoms with E-state index in [1.54, 1.807) is 17.0 Å². The number of anilines is 2. The first-order chi connectivity index (χ1) is 14.2. The quantitative estimate of drug-likeness (QED) is 0.632. The fraction of sp³-hybridized carbons (Fsp3) is 0.300. The highest BCUT2D eigenvalue weighted by molar-refractivity contribution is 9.10. The third kappa shape index (κ3) is 4.74. The molecule has 10 heteroatoms. The van der Waals surface area contributed by atoms with Gasteiger partial charge in [0.25, 0.3) is 10.0 Å². The zero-order valence-electron chi connectivity index (χ0n) is 16.1. The molecule has 3 rings (SSSR count). The summed E-state index contributed by atoms with van der Waals surface area (Å²) in [5.41, 5.74) is 0.981. The van der Waals surface area contributed by atoms with E-state index < -0.39 is 22.2 Å². The van der Waals surface area contributed by atoms with E-state index in [0.717, 1.165) is 0 Å². The third-order valence-corrected chi connectivity index (χ3v) is 7.08. The summed E-state index contributed by atoms with van der Waals surface area (Å²) in [6, 6.07) is 10.6. The number of hydrogen-bond acceptors (Lipinski definition) is 6. The van der Waals surface area contributed by atoms with Gasteiger partial charge in [0.15, 0.2) is 0 Å². The van der Waals surface area contributed by atoms with Gasteiger partial charge in [0.1, 0.15) is 11.1 Å². The van der Waals surface area contributed by atoms with E-state index in [-0.39, 0.29) is 32.7 Å². The van der Waals surface area contributed by atoms with Gasteiger partial charge in [0.2, 0.25) is 0 Å². The zero-order chi connectivity index (χ0) is 21.9. The Morgan fingerprint density at radius 2 is 2.10 bits per heavy atom. The summed E-state index contributed by atoms with van der Waals surface area (Å²) in [5.74, 6) is -0.673. The highest BCUT2D eigenvalue weighted by Gasteiger charge is 2.25. The van der Waals surface area contributed by atoms with Crippen LogP contribution < -0.4 is 9.62 Å². The number of methoxy groups -OCH3 is 1. The summed E-state index contributed by atoms with van der Waals surface area (Å²) < 4.78 is 47.6. The Balaban J connectivity index is 2.02. The number of ether oxygens (including phenoxy) is 1. The second-order valence-corrected chi connectivity index (χ2v) is 9.28. The first-order valence-corrected chi connectivity index (χ1v) is 11.4. The maximum atomic E-state index is 13.9. The number of nitriles is 1. The minimum Gasteiger partial charge on any atom is -0.465 e. The SMILES string of the molecule is COC(=O)c1ccc(Br)c(S(=O)(=O)Nc2cc(C#N)ccc2N2CCC[C@@H](F)C2)c1. The third-order valence-electron chi connectivity index (χ3n) is 4.72. The molecule has 1 aliphatic rings. The largest absolute Gasteiger partial charge is 0.465 e. The van der Waals surface area contributed by atoms with E-state index in [4.69, 9.17) is 0 Å². The maximum absolute atomic E-state index is 13.9. The molecule has 2 aromatic carbocycles. The maximum Gasteiger partial charge on any atom is 0.337 e. The van der Waals surface area contributed by atoms with Gasteiger partial charge in [-0.1, -0.05) is 0 Å². The van der Waals surface area contributed by atoms with Gasteiger partial charge in [-0.15, -0.1) is 0 Å². The van der Waals surface area contributed by atoms with Crippen molar-refractivity contribution in [2.75, 3.05) is 29.8 Å². The van der Waals surface area contributed by atoms with Crippen molar-refractivity contribution >= 4 is 43.3 Å². The fourth-order valence-corrected chi connectivity index (χ4v) is 5.32. The number of halogens is 2. The van der Waals surface area contributed by atoms with Crippen LogP contribution in [0.25, 0.3) is 0 Å². The number of nitrogens with one attached hydrogen (secondary N) is 1. The molecule has 0 bridgehead atoms. The molecule has 0 amide bonds. The first kappa shape index (κ1) is 22.1. The predicted octanol–water partition coefficient (Wildman–Crippen LogP) is 3.85. The normalized spacial score (nSPS) is 16.6. The van der Waals surface area contributed by atoms with Crippen molar-refractivity contribution < 1.29 is 22.3 Å². The molecule has 1 fully saturated rings. The van der Waals surface area contributed by atoms with Crippen molar-refractivity contribution in [3.8, 4) is 6.07 Å². The minimum absolute atomic E-state index is 0.0726. The van der Waals surface area contributed by atoms with E-state index in [2.05, 4.69) is 25.4 Å². The molecule has 2 aromatic rings. The molecule has 0 unspecified atom stereocenters. The molecule has 0 radical (unpaired) electrons. The van der Waals surface area contributed by atoms with Gasteiger partial charge in [0, 0.05) is 17.6 Å². The number of rotatable bonds is 5. The van der Waals surface area contributed by atoms with Crippen molar-refractivity contribution in [2.45, 2.75) is 23.9 Å². The van der Waals surface area contributed by atoms with Gasteiger partial charge in [-0.2, -0.15) is 5.26 Å². The lowest BCUT2D eigenvalue weighted by atomic mass is 10.1. The second kappa shape index (κ2) is 9.02. The summed E-state index contributed by atoms with van der Waals surface area (Å²) in [7, 11) is -2.94. The van der Waals surface area contributed by atoms with Crippen LogP contribution in [0.5, 0.6) is 0 Å². The summed E-state index contributed by atoms with van der Waals surface area (Å²) >= 11 is 3.20. The van der Waals surface area contributed by atoms with Crippen molar-refractivity contribution in [1.29, 1.82) is 5.26 Å². The Hall–Kier alpha value is -2.64. The Kier molecular flexibility index (Phi) is 6.63. The molecular formula is C20H19BrFN3O4S. The van der Waals surface area contributed by atoms with Crippen LogP contribution in [-0.4, -0.2) is 40.8 Å². The van der Waals surface area contributed by atoms with Gasteiger partial charge < -0.3 is 9.64 Å². The molecule has 0 aliphatic carbocycles. The van der Waals surface area contributed by atoms with Crippen molar-refractivity contribution in [3.05, 3.63) is 52.0 Å². The smallest absolute Gasteiger partial charge is 0.337 e. The Bertz CT molecular complexity index is 1120. The van der Waals surface area contributed by atoms with Gasteiger partial charge in [0.05, 0.1) is 35.7 Å². The van der Waals surface area contributed by atoms with Crippen molar-refractivity contribution in [1.82, 2.24) is 0 Å². The highest BCUT2D eigenvalue weighted by Crippen LogP contribution is 2.33. The Morgan fingerprint density at radius 1 is 1.33 bits per heavy atom. The topological polar surface area (TPSA) is 99.5 Å². The summed E-state index contributed by atoms with van der Waals surface area (Å²) in [4.78, 5) is 13.4. The molecule has 0 saturated carbocycles. The van der Waals surface area contributed by atoms with E-state index in [0.29, 0.717) is 25.1 Å². The lowest BCUT2D eigenvalue weighted by Crippen LogP contribution is -2.37. The number of hydrogen-bond donors (Lipinski definition) is 1. The standard InChI is InChI=1S/C20H19BrFN3O4S/c1-29-20(26)14-5-6-16(21)19(10-14)30(27,28)24-17-9-13(11-23)4-7-18(17)25-8-2-3-15(22)12-25/h4-7,9-10,15,24H,2-3,8,12H2,1H3/t15-/m1/s1. The number of carbonyl (C=O) groups is 1. The average Bonchev–Trinajstić information content (AvgIpc) is 2.73. The fourth-order valence-electron chi connectivity index (χ4n) is 3.26. The van der Waals surface area contributed by atoms with Crippen LogP contribution in [0, 0.1) is 11.3 Å². The number of piperidine rings is 1. The molecule has 7 nitrogen and oxygen atoms in total. The monoisotopic (exact) mass is 495 g/mol. The number of alkyl halides is 1. The van der Waals surface area contributed by atoms with Crippen LogP contribution in [0.3, 0.4) is 0 Å². The highest BCUT2D eigenvalue weighted by atomic mass is 79.9. The molecule has 1 atom stereocenters. The first-order valence-electron chi connectivity index (χ1n) is 9.09. The zero-order valence-corrected chi connectivity index (χ0v) is 18.5. The summed E-state index contributed by atoms with van der Waals surface area (Å²) in [5, 5.41) is 9.23. The number of esters is 1.